The fraction of sp³-hybridized carbons (Fsp3) is 0.500. The fourth-order valence-corrected chi connectivity index (χ4v) is 2.33. The van der Waals surface area contributed by atoms with E-state index in [-0.39, 0.29) is 0 Å². The molecule has 110 valence electrons. The summed E-state index contributed by atoms with van der Waals surface area (Å²) < 4.78 is 0. The molecule has 1 aromatic rings. The molecule has 1 rings (SSSR count). The smallest absolute Gasteiger partial charge is 0.0187 e. The van der Waals surface area contributed by atoms with Gasteiger partial charge in [-0.1, -0.05) is 60.1 Å². The van der Waals surface area contributed by atoms with Crippen molar-refractivity contribution in [2.45, 2.75) is 66.2 Å². The van der Waals surface area contributed by atoms with Gasteiger partial charge in [-0.05, 0) is 64.9 Å². The van der Waals surface area contributed by atoms with E-state index in [1.54, 1.807) is 0 Å². The molecule has 20 heavy (non-hydrogen) atoms. The molecule has 0 N–H and O–H groups in total. The van der Waals surface area contributed by atoms with Gasteiger partial charge in [0.1, 0.15) is 0 Å². The van der Waals surface area contributed by atoms with Gasteiger partial charge in [0.05, 0.1) is 0 Å². The molecule has 0 heteroatoms. The maximum absolute atomic E-state index is 2.42. The Bertz CT molecular complexity index is 441. The predicted octanol–water partition coefficient (Wildman–Crippen LogP) is 6.57. The summed E-state index contributed by atoms with van der Waals surface area (Å²) in [5.41, 5.74) is 5.76. The molecule has 0 aliphatic rings. The molecule has 1 atom stereocenters. The number of aryl methyl sites for hydroxylation is 1. The lowest BCUT2D eigenvalue weighted by atomic mass is 9.95. The Morgan fingerprint density at radius 1 is 1.00 bits per heavy atom. The quantitative estimate of drug-likeness (QED) is 0.491. The van der Waals surface area contributed by atoms with Crippen LogP contribution in [0.4, 0.5) is 0 Å². The zero-order valence-corrected chi connectivity index (χ0v) is 13.9. The highest BCUT2D eigenvalue weighted by Gasteiger charge is 2.03. The molecule has 0 saturated heterocycles. The monoisotopic (exact) mass is 270 g/mol. The zero-order valence-electron chi connectivity index (χ0n) is 13.9. The Balaban J connectivity index is 2.35. The van der Waals surface area contributed by atoms with Crippen molar-refractivity contribution in [1.82, 2.24) is 0 Å². The standard InChI is InChI=1S/C20H30/c1-16(2)8-6-9-17(3)10-7-11-19(5)20-14-12-18(4)13-15-20/h8,10,12-15,19H,6-7,9,11H2,1-5H3/b17-10+/t19-/m1/s1. The van der Waals surface area contributed by atoms with Gasteiger partial charge in [0.25, 0.3) is 0 Å². The van der Waals surface area contributed by atoms with Crippen LogP contribution in [0.25, 0.3) is 0 Å². The molecule has 0 aliphatic carbocycles. The third-order valence-electron chi connectivity index (χ3n) is 3.83. The van der Waals surface area contributed by atoms with Crippen LogP contribution in [0.2, 0.25) is 0 Å². The second kappa shape index (κ2) is 8.79. The lowest BCUT2D eigenvalue weighted by Gasteiger charge is -2.11. The minimum atomic E-state index is 0.650. The number of hydrogen-bond acceptors (Lipinski definition) is 0. The Labute approximate surface area is 125 Å². The van der Waals surface area contributed by atoms with E-state index in [0.717, 1.165) is 0 Å². The largest absolute Gasteiger partial charge is 0.0856 e. The number of benzene rings is 1. The fourth-order valence-electron chi connectivity index (χ4n) is 2.33. The van der Waals surface area contributed by atoms with Crippen molar-refractivity contribution < 1.29 is 0 Å². The number of rotatable bonds is 7. The van der Waals surface area contributed by atoms with Crippen LogP contribution in [-0.2, 0) is 0 Å². The highest BCUT2D eigenvalue weighted by atomic mass is 14.1. The maximum Gasteiger partial charge on any atom is -0.0187 e. The molecule has 0 radical (unpaired) electrons. The van der Waals surface area contributed by atoms with Gasteiger partial charge in [0, 0.05) is 0 Å². The molecule has 0 fully saturated rings. The second-order valence-electron chi connectivity index (χ2n) is 6.26. The van der Waals surface area contributed by atoms with E-state index in [9.17, 15) is 0 Å². The predicted molar refractivity (Wildman–Crippen MR) is 91.3 cm³/mol. The average molecular weight is 270 g/mol. The maximum atomic E-state index is 2.42. The van der Waals surface area contributed by atoms with Crippen molar-refractivity contribution in [3.63, 3.8) is 0 Å². The molecule has 0 heterocycles. The van der Waals surface area contributed by atoms with Crippen LogP contribution < -0.4 is 0 Å². The summed E-state index contributed by atoms with van der Waals surface area (Å²) in [6.07, 6.45) is 9.55. The molecule has 1 aromatic carbocycles. The van der Waals surface area contributed by atoms with Crippen LogP contribution >= 0.6 is 0 Å². The van der Waals surface area contributed by atoms with Gasteiger partial charge in [-0.15, -0.1) is 0 Å². The molecular formula is C20H30. The van der Waals surface area contributed by atoms with Gasteiger partial charge < -0.3 is 0 Å². The van der Waals surface area contributed by atoms with Gasteiger partial charge in [-0.25, -0.2) is 0 Å². The summed E-state index contributed by atoms with van der Waals surface area (Å²) in [4.78, 5) is 0. The summed E-state index contributed by atoms with van der Waals surface area (Å²) in [6, 6.07) is 8.97. The third-order valence-corrected chi connectivity index (χ3v) is 3.83. The summed E-state index contributed by atoms with van der Waals surface area (Å²) in [5, 5.41) is 0. The van der Waals surface area contributed by atoms with Crippen LogP contribution in [0.5, 0.6) is 0 Å². The van der Waals surface area contributed by atoms with Crippen molar-refractivity contribution in [3.8, 4) is 0 Å². The lowest BCUT2D eigenvalue weighted by molar-refractivity contribution is 0.687. The molecule has 0 unspecified atom stereocenters. The van der Waals surface area contributed by atoms with E-state index < -0.39 is 0 Å². The van der Waals surface area contributed by atoms with E-state index in [2.05, 4.69) is 71.0 Å². The number of allylic oxidation sites excluding steroid dienone is 4. The lowest BCUT2D eigenvalue weighted by Crippen LogP contribution is -1.93. The van der Waals surface area contributed by atoms with E-state index >= 15 is 0 Å². The molecule has 0 aromatic heterocycles. The first-order valence-corrected chi connectivity index (χ1v) is 7.84. The van der Waals surface area contributed by atoms with Gasteiger partial charge >= 0.3 is 0 Å². The van der Waals surface area contributed by atoms with Crippen molar-refractivity contribution in [2.24, 2.45) is 0 Å². The molecule has 0 amide bonds. The topological polar surface area (TPSA) is 0 Å². The second-order valence-corrected chi connectivity index (χ2v) is 6.26. The summed E-state index contributed by atoms with van der Waals surface area (Å²) in [5.74, 6) is 0.650. The van der Waals surface area contributed by atoms with Gasteiger partial charge in [-0.3, -0.25) is 0 Å². The van der Waals surface area contributed by atoms with E-state index in [1.807, 2.05) is 0 Å². The first-order valence-electron chi connectivity index (χ1n) is 7.84. The van der Waals surface area contributed by atoms with Crippen LogP contribution in [0.1, 0.15) is 70.4 Å². The Morgan fingerprint density at radius 2 is 1.65 bits per heavy atom. The highest BCUT2D eigenvalue weighted by molar-refractivity contribution is 5.24. The van der Waals surface area contributed by atoms with Crippen LogP contribution in [0.3, 0.4) is 0 Å². The minimum Gasteiger partial charge on any atom is -0.0856 e. The van der Waals surface area contributed by atoms with Gasteiger partial charge in [0.2, 0.25) is 0 Å². The average Bonchev–Trinajstić information content (AvgIpc) is 2.39. The Morgan fingerprint density at radius 3 is 2.25 bits per heavy atom. The molecule has 0 aliphatic heterocycles. The van der Waals surface area contributed by atoms with E-state index in [0.29, 0.717) is 5.92 Å². The van der Waals surface area contributed by atoms with E-state index in [4.69, 9.17) is 0 Å². The van der Waals surface area contributed by atoms with Crippen LogP contribution in [0.15, 0.2) is 47.6 Å². The Kier molecular flexibility index (Phi) is 7.36. The number of hydrogen-bond donors (Lipinski definition) is 0. The molecule has 0 saturated carbocycles. The van der Waals surface area contributed by atoms with Crippen LogP contribution in [-0.4, -0.2) is 0 Å². The van der Waals surface area contributed by atoms with E-state index in [1.165, 1.54) is 48.0 Å². The van der Waals surface area contributed by atoms with Crippen LogP contribution in [0, 0.1) is 6.92 Å². The minimum absolute atomic E-state index is 0.650. The van der Waals surface area contributed by atoms with Gasteiger partial charge in [0.15, 0.2) is 0 Å². The van der Waals surface area contributed by atoms with Gasteiger partial charge in [-0.2, -0.15) is 0 Å². The molecular weight excluding hydrogens is 240 g/mol. The summed E-state index contributed by atoms with van der Waals surface area (Å²) in [6.45, 7) is 11.1. The summed E-state index contributed by atoms with van der Waals surface area (Å²) in [7, 11) is 0. The normalized spacial score (nSPS) is 13.2. The van der Waals surface area contributed by atoms with Crippen molar-refractivity contribution in [1.29, 1.82) is 0 Å². The molecule has 0 nitrogen and oxygen atoms in total. The first kappa shape index (κ1) is 16.8. The van der Waals surface area contributed by atoms with Crippen molar-refractivity contribution in [2.75, 3.05) is 0 Å². The SMILES string of the molecule is CC(C)=CCC/C(C)=C/CC[C@@H](C)c1ccc(C)cc1. The zero-order chi connectivity index (χ0) is 15.0. The van der Waals surface area contributed by atoms with Crippen molar-refractivity contribution in [3.05, 3.63) is 58.7 Å². The van der Waals surface area contributed by atoms with Crippen molar-refractivity contribution >= 4 is 0 Å². The third kappa shape index (κ3) is 6.75. The molecule has 0 spiro atoms. The first-order chi connectivity index (χ1) is 9.49. The summed E-state index contributed by atoms with van der Waals surface area (Å²) >= 11 is 0. The Hall–Kier alpha value is -1.30. The highest BCUT2D eigenvalue weighted by Crippen LogP contribution is 2.21. The molecule has 0 bridgehead atoms.